The Balaban J connectivity index is 1.38. The van der Waals surface area contributed by atoms with Crippen molar-refractivity contribution in [2.75, 3.05) is 40.5 Å². The number of amides is 2. The lowest BCUT2D eigenvalue weighted by atomic mass is 9.91. The topological polar surface area (TPSA) is 114 Å². The van der Waals surface area contributed by atoms with Crippen molar-refractivity contribution in [3.05, 3.63) is 59.7 Å². The van der Waals surface area contributed by atoms with Crippen LogP contribution in [0.4, 0.5) is 4.79 Å². The number of carboxylic acids is 1. The second-order valence-electron chi connectivity index (χ2n) is 8.81. The van der Waals surface area contributed by atoms with E-state index in [4.69, 9.17) is 14.2 Å². The Morgan fingerprint density at radius 3 is 2.11 bits per heavy atom. The lowest BCUT2D eigenvalue weighted by Gasteiger charge is -2.38. The first-order chi connectivity index (χ1) is 16.9. The molecule has 0 spiro atoms. The summed E-state index contributed by atoms with van der Waals surface area (Å²) in [7, 11) is 2.80. The van der Waals surface area contributed by atoms with Gasteiger partial charge >= 0.3 is 12.1 Å². The summed E-state index contributed by atoms with van der Waals surface area (Å²) < 4.78 is 15.9. The van der Waals surface area contributed by atoms with Crippen LogP contribution in [0.5, 0.6) is 0 Å². The van der Waals surface area contributed by atoms with Gasteiger partial charge in [-0.2, -0.15) is 0 Å². The zero-order valence-corrected chi connectivity index (χ0v) is 19.9. The van der Waals surface area contributed by atoms with E-state index in [9.17, 15) is 19.5 Å². The van der Waals surface area contributed by atoms with Gasteiger partial charge in [0, 0.05) is 46.1 Å². The maximum Gasteiger partial charge on any atom is 0.407 e. The molecule has 2 aromatic carbocycles. The van der Waals surface area contributed by atoms with Crippen LogP contribution < -0.4 is 5.32 Å². The predicted octanol–water partition coefficient (Wildman–Crippen LogP) is 2.63. The molecule has 0 aromatic heterocycles. The van der Waals surface area contributed by atoms with Gasteiger partial charge < -0.3 is 29.5 Å². The van der Waals surface area contributed by atoms with Gasteiger partial charge in [0.2, 0.25) is 5.91 Å². The second kappa shape index (κ2) is 10.5. The van der Waals surface area contributed by atoms with Crippen molar-refractivity contribution in [2.24, 2.45) is 0 Å². The molecule has 1 atom stereocenters. The molecular formula is C26H30N2O7. The summed E-state index contributed by atoms with van der Waals surface area (Å²) in [5.41, 5.74) is 3.15. The summed E-state index contributed by atoms with van der Waals surface area (Å²) in [4.78, 5) is 38.8. The van der Waals surface area contributed by atoms with E-state index < -0.39 is 23.7 Å². The number of nitrogens with one attached hydrogen (secondary N) is 1. The zero-order chi connectivity index (χ0) is 25.0. The quantitative estimate of drug-likeness (QED) is 0.594. The first-order valence-electron chi connectivity index (χ1n) is 11.6. The van der Waals surface area contributed by atoms with E-state index in [-0.39, 0.29) is 51.0 Å². The van der Waals surface area contributed by atoms with Gasteiger partial charge in [0.1, 0.15) is 12.6 Å². The number of aliphatic carboxylic acids is 1. The summed E-state index contributed by atoms with van der Waals surface area (Å²) in [6.07, 6.45) is -0.388. The van der Waals surface area contributed by atoms with Crippen LogP contribution in [0.15, 0.2) is 48.5 Å². The van der Waals surface area contributed by atoms with Crippen LogP contribution in [0.3, 0.4) is 0 Å². The summed E-state index contributed by atoms with van der Waals surface area (Å²) in [6, 6.07) is 15.1. The number of nitrogens with zero attached hydrogens (tertiary/aromatic N) is 1. The van der Waals surface area contributed by atoms with Gasteiger partial charge in [-0.05, 0) is 22.3 Å². The number of methoxy groups -OCH3 is 2. The van der Waals surface area contributed by atoms with Gasteiger partial charge in [-0.25, -0.2) is 9.59 Å². The summed E-state index contributed by atoms with van der Waals surface area (Å²) in [5, 5.41) is 12.1. The van der Waals surface area contributed by atoms with Gasteiger partial charge in [-0.15, -0.1) is 0 Å². The van der Waals surface area contributed by atoms with Gasteiger partial charge in [0.15, 0.2) is 5.60 Å². The van der Waals surface area contributed by atoms with Gasteiger partial charge in [-0.3, -0.25) is 4.79 Å². The molecule has 0 unspecified atom stereocenters. The highest BCUT2D eigenvalue weighted by molar-refractivity contribution is 5.86. The number of ether oxygens (including phenoxy) is 3. The standard InChI is InChI=1S/C26H30N2O7/c1-33-16-22(23(29)28-13-11-26(34-2,12-14-28)24(30)31)27-25(32)35-15-21-19-9-5-3-7-17(19)18-8-4-6-10-20(18)21/h3-10,21-22H,11-16H2,1-2H3,(H,27,32)(H,30,31)/t22-/m0/s1. The minimum Gasteiger partial charge on any atom is -0.479 e. The van der Waals surface area contributed by atoms with Crippen LogP contribution in [-0.2, 0) is 23.8 Å². The molecule has 2 aromatic rings. The highest BCUT2D eigenvalue weighted by Crippen LogP contribution is 2.44. The first-order valence-corrected chi connectivity index (χ1v) is 11.6. The second-order valence-corrected chi connectivity index (χ2v) is 8.81. The molecule has 35 heavy (non-hydrogen) atoms. The van der Waals surface area contributed by atoms with Crippen LogP contribution in [0, 0.1) is 0 Å². The van der Waals surface area contributed by atoms with E-state index >= 15 is 0 Å². The number of likely N-dealkylation sites (tertiary alicyclic amines) is 1. The fourth-order valence-electron chi connectivity index (χ4n) is 4.94. The van der Waals surface area contributed by atoms with E-state index in [1.807, 2.05) is 36.4 Å². The Morgan fingerprint density at radius 1 is 1.03 bits per heavy atom. The first kappa shape index (κ1) is 24.7. The molecule has 0 radical (unpaired) electrons. The molecule has 2 N–H and O–H groups in total. The third-order valence-electron chi connectivity index (χ3n) is 6.93. The lowest BCUT2D eigenvalue weighted by Crippen LogP contribution is -2.57. The predicted molar refractivity (Wildman–Crippen MR) is 127 cm³/mol. The average molecular weight is 483 g/mol. The number of benzene rings is 2. The van der Waals surface area contributed by atoms with Crippen molar-refractivity contribution in [3.63, 3.8) is 0 Å². The number of fused-ring (bicyclic) bond motifs is 3. The number of alkyl carbamates (subject to hydrolysis) is 1. The highest BCUT2D eigenvalue weighted by Gasteiger charge is 2.43. The third-order valence-corrected chi connectivity index (χ3v) is 6.93. The van der Waals surface area contributed by atoms with E-state index in [1.54, 1.807) is 0 Å². The molecule has 9 heteroatoms. The Morgan fingerprint density at radius 2 is 1.60 bits per heavy atom. The van der Waals surface area contributed by atoms with Crippen molar-refractivity contribution in [1.82, 2.24) is 10.2 Å². The number of carbonyl (C=O) groups excluding carboxylic acids is 2. The third kappa shape index (κ3) is 4.87. The molecule has 186 valence electrons. The largest absolute Gasteiger partial charge is 0.479 e. The normalized spacial score (nSPS) is 17.3. The molecule has 0 saturated carbocycles. The molecule has 1 aliphatic heterocycles. The number of hydrogen-bond acceptors (Lipinski definition) is 6. The molecule has 1 aliphatic carbocycles. The smallest absolute Gasteiger partial charge is 0.407 e. The Bertz CT molecular complexity index is 1050. The molecule has 4 rings (SSSR count). The van der Waals surface area contributed by atoms with Crippen molar-refractivity contribution >= 4 is 18.0 Å². The Labute approximate surface area is 204 Å². The maximum absolute atomic E-state index is 13.1. The molecular weight excluding hydrogens is 452 g/mol. The van der Waals surface area contributed by atoms with Crippen molar-refractivity contribution in [1.29, 1.82) is 0 Å². The number of carboxylic acid groups (broad SMARTS) is 1. The summed E-state index contributed by atoms with van der Waals surface area (Å²) >= 11 is 0. The zero-order valence-electron chi connectivity index (χ0n) is 19.9. The average Bonchev–Trinajstić information content (AvgIpc) is 3.20. The number of carbonyl (C=O) groups is 3. The van der Waals surface area contributed by atoms with Crippen LogP contribution in [0.2, 0.25) is 0 Å². The van der Waals surface area contributed by atoms with Gasteiger partial charge in [0.25, 0.3) is 0 Å². The SMILES string of the molecule is COC[C@H](NC(=O)OCC1c2ccccc2-c2ccccc21)C(=O)N1CCC(OC)(C(=O)O)CC1. The number of hydrogen-bond donors (Lipinski definition) is 2. The van der Waals surface area contributed by atoms with Crippen LogP contribution in [-0.4, -0.2) is 80.1 Å². The molecule has 1 heterocycles. The van der Waals surface area contributed by atoms with E-state index in [0.717, 1.165) is 22.3 Å². The van der Waals surface area contributed by atoms with Crippen LogP contribution in [0.25, 0.3) is 11.1 Å². The minimum atomic E-state index is -1.30. The summed E-state index contributed by atoms with van der Waals surface area (Å²) in [5.74, 6) is -1.49. The maximum atomic E-state index is 13.1. The van der Waals surface area contributed by atoms with Crippen LogP contribution >= 0.6 is 0 Å². The molecule has 0 bridgehead atoms. The number of piperidine rings is 1. The van der Waals surface area contributed by atoms with E-state index in [1.165, 1.54) is 19.1 Å². The van der Waals surface area contributed by atoms with Crippen molar-refractivity contribution < 1.29 is 33.7 Å². The Kier molecular flexibility index (Phi) is 7.37. The molecule has 2 amide bonds. The molecule has 1 fully saturated rings. The number of rotatable bonds is 8. The monoisotopic (exact) mass is 482 g/mol. The van der Waals surface area contributed by atoms with Gasteiger partial charge in [-0.1, -0.05) is 48.5 Å². The van der Waals surface area contributed by atoms with E-state index in [0.29, 0.717) is 0 Å². The highest BCUT2D eigenvalue weighted by atomic mass is 16.5. The molecule has 1 saturated heterocycles. The molecule has 2 aliphatic rings. The van der Waals surface area contributed by atoms with E-state index in [2.05, 4.69) is 17.4 Å². The van der Waals surface area contributed by atoms with Crippen LogP contribution in [0.1, 0.15) is 29.9 Å². The van der Waals surface area contributed by atoms with Crippen molar-refractivity contribution in [3.8, 4) is 11.1 Å². The van der Waals surface area contributed by atoms with Gasteiger partial charge in [0.05, 0.1) is 6.61 Å². The minimum absolute atomic E-state index is 0.0338. The Hall–Kier alpha value is -3.43. The molecule has 9 nitrogen and oxygen atoms in total. The fraction of sp³-hybridized carbons (Fsp3) is 0.423. The fourth-order valence-corrected chi connectivity index (χ4v) is 4.94. The lowest BCUT2D eigenvalue weighted by molar-refractivity contribution is -0.170. The van der Waals surface area contributed by atoms with Crippen molar-refractivity contribution in [2.45, 2.75) is 30.4 Å². The summed E-state index contributed by atoms with van der Waals surface area (Å²) in [6.45, 7) is 0.497.